The van der Waals surface area contributed by atoms with Crippen LogP contribution in [0, 0.1) is 11.6 Å². The molecule has 1 amide bonds. The standard InChI is InChI=1S/C11H12ClF2NO2/c1-17-6-8(5-12)15-11(16)9-3-2-7(13)4-10(9)14/h2-4,8H,5-6H2,1H3,(H,15,16). The third-order valence-corrected chi connectivity index (χ3v) is 2.44. The first-order valence-electron chi connectivity index (χ1n) is 4.89. The van der Waals surface area contributed by atoms with Crippen molar-refractivity contribution in [2.24, 2.45) is 0 Å². The van der Waals surface area contributed by atoms with E-state index in [4.69, 9.17) is 16.3 Å². The molecular weight excluding hydrogens is 252 g/mol. The second-order valence-corrected chi connectivity index (χ2v) is 3.71. The van der Waals surface area contributed by atoms with E-state index in [2.05, 4.69) is 5.32 Å². The number of ether oxygens (including phenoxy) is 1. The lowest BCUT2D eigenvalue weighted by atomic mass is 10.2. The molecular formula is C11H12ClF2NO2. The Kier molecular flexibility index (Phi) is 5.31. The van der Waals surface area contributed by atoms with Gasteiger partial charge in [0.15, 0.2) is 0 Å². The molecule has 1 rings (SSSR count). The Balaban J connectivity index is 2.75. The van der Waals surface area contributed by atoms with Gasteiger partial charge in [-0.15, -0.1) is 11.6 Å². The molecule has 3 nitrogen and oxygen atoms in total. The molecule has 0 saturated heterocycles. The molecule has 0 aliphatic heterocycles. The van der Waals surface area contributed by atoms with Crippen molar-refractivity contribution in [1.82, 2.24) is 5.32 Å². The maximum atomic E-state index is 13.3. The molecule has 1 atom stereocenters. The minimum Gasteiger partial charge on any atom is -0.383 e. The summed E-state index contributed by atoms with van der Waals surface area (Å²) in [7, 11) is 1.46. The largest absolute Gasteiger partial charge is 0.383 e. The number of halogens is 3. The summed E-state index contributed by atoms with van der Waals surface area (Å²) >= 11 is 5.59. The van der Waals surface area contributed by atoms with Gasteiger partial charge >= 0.3 is 0 Å². The van der Waals surface area contributed by atoms with Gasteiger partial charge in [-0.2, -0.15) is 0 Å². The van der Waals surface area contributed by atoms with Crippen LogP contribution in [-0.4, -0.2) is 31.5 Å². The summed E-state index contributed by atoms with van der Waals surface area (Å²) in [5.74, 6) is -2.15. The van der Waals surface area contributed by atoms with Crippen LogP contribution in [0.15, 0.2) is 18.2 Å². The lowest BCUT2D eigenvalue weighted by Crippen LogP contribution is -2.39. The zero-order chi connectivity index (χ0) is 12.8. The number of alkyl halides is 1. The Morgan fingerprint density at radius 1 is 1.53 bits per heavy atom. The fourth-order valence-electron chi connectivity index (χ4n) is 1.26. The summed E-state index contributed by atoms with van der Waals surface area (Å²) in [4.78, 5) is 11.6. The Morgan fingerprint density at radius 2 is 2.24 bits per heavy atom. The van der Waals surface area contributed by atoms with Gasteiger partial charge in [0.1, 0.15) is 11.6 Å². The highest BCUT2D eigenvalue weighted by molar-refractivity contribution is 6.18. The third-order valence-electron chi connectivity index (χ3n) is 2.07. The SMILES string of the molecule is COCC(CCl)NC(=O)c1ccc(F)cc1F. The minimum atomic E-state index is -0.909. The zero-order valence-electron chi connectivity index (χ0n) is 9.17. The molecule has 0 heterocycles. The summed E-state index contributed by atoms with van der Waals surface area (Å²) in [6.45, 7) is 0.220. The topological polar surface area (TPSA) is 38.3 Å². The summed E-state index contributed by atoms with van der Waals surface area (Å²) in [5, 5.41) is 2.49. The fourth-order valence-corrected chi connectivity index (χ4v) is 1.43. The number of carbonyl (C=O) groups excluding carboxylic acids is 1. The third kappa shape index (κ3) is 3.94. The molecule has 0 aromatic heterocycles. The molecule has 17 heavy (non-hydrogen) atoms. The number of benzene rings is 1. The van der Waals surface area contributed by atoms with Gasteiger partial charge in [-0.1, -0.05) is 0 Å². The van der Waals surface area contributed by atoms with Crippen LogP contribution in [0.5, 0.6) is 0 Å². The average Bonchev–Trinajstić information content (AvgIpc) is 2.28. The van der Waals surface area contributed by atoms with Crippen LogP contribution in [0.2, 0.25) is 0 Å². The first kappa shape index (κ1) is 13.9. The van der Waals surface area contributed by atoms with Gasteiger partial charge in [-0.25, -0.2) is 8.78 Å². The molecule has 0 aliphatic rings. The van der Waals surface area contributed by atoms with Crippen molar-refractivity contribution in [2.75, 3.05) is 19.6 Å². The highest BCUT2D eigenvalue weighted by atomic mass is 35.5. The molecule has 0 bridgehead atoms. The van der Waals surface area contributed by atoms with Crippen LogP contribution in [0.3, 0.4) is 0 Å². The lowest BCUT2D eigenvalue weighted by Gasteiger charge is -2.15. The van der Waals surface area contributed by atoms with Crippen molar-refractivity contribution in [2.45, 2.75) is 6.04 Å². The van der Waals surface area contributed by atoms with E-state index < -0.39 is 23.6 Å². The van der Waals surface area contributed by atoms with Gasteiger partial charge in [0.2, 0.25) is 0 Å². The molecule has 0 aliphatic carbocycles. The first-order valence-corrected chi connectivity index (χ1v) is 5.42. The minimum absolute atomic E-state index is 0.141. The van der Waals surface area contributed by atoms with E-state index >= 15 is 0 Å². The molecule has 1 N–H and O–H groups in total. The van der Waals surface area contributed by atoms with Crippen LogP contribution in [0.1, 0.15) is 10.4 Å². The Hall–Kier alpha value is -1.20. The van der Waals surface area contributed by atoms with Gasteiger partial charge in [0.05, 0.1) is 18.2 Å². The molecule has 0 spiro atoms. The number of nitrogens with one attached hydrogen (secondary N) is 1. The number of rotatable bonds is 5. The van der Waals surface area contributed by atoms with Gasteiger partial charge in [0.25, 0.3) is 5.91 Å². The second-order valence-electron chi connectivity index (χ2n) is 3.40. The molecule has 0 radical (unpaired) electrons. The van der Waals surface area contributed by atoms with E-state index in [-0.39, 0.29) is 18.1 Å². The molecule has 0 saturated carbocycles. The van der Waals surface area contributed by atoms with Crippen molar-refractivity contribution in [1.29, 1.82) is 0 Å². The van der Waals surface area contributed by atoms with E-state index in [0.717, 1.165) is 12.1 Å². The van der Waals surface area contributed by atoms with E-state index in [1.165, 1.54) is 7.11 Å². The maximum Gasteiger partial charge on any atom is 0.254 e. The normalized spacial score (nSPS) is 12.2. The lowest BCUT2D eigenvalue weighted by molar-refractivity contribution is 0.0902. The quantitative estimate of drug-likeness (QED) is 0.825. The highest BCUT2D eigenvalue weighted by Gasteiger charge is 2.16. The van der Waals surface area contributed by atoms with E-state index in [0.29, 0.717) is 6.07 Å². The predicted molar refractivity (Wildman–Crippen MR) is 60.2 cm³/mol. The summed E-state index contributed by atoms with van der Waals surface area (Å²) in [5.41, 5.74) is -0.224. The maximum absolute atomic E-state index is 13.3. The van der Waals surface area contributed by atoms with Crippen molar-refractivity contribution in [3.05, 3.63) is 35.4 Å². The molecule has 1 aromatic rings. The number of carbonyl (C=O) groups is 1. The van der Waals surface area contributed by atoms with Gasteiger partial charge in [0, 0.05) is 19.1 Å². The molecule has 0 fully saturated rings. The van der Waals surface area contributed by atoms with Crippen LogP contribution >= 0.6 is 11.6 Å². The average molecular weight is 264 g/mol. The fraction of sp³-hybridized carbons (Fsp3) is 0.364. The van der Waals surface area contributed by atoms with E-state index in [1.54, 1.807) is 0 Å². The predicted octanol–water partition coefficient (Wildman–Crippen LogP) is 1.95. The molecule has 1 aromatic carbocycles. The Labute approximate surface area is 103 Å². The number of hydrogen-bond acceptors (Lipinski definition) is 2. The van der Waals surface area contributed by atoms with Gasteiger partial charge < -0.3 is 10.1 Å². The number of amides is 1. The molecule has 6 heteroatoms. The number of methoxy groups -OCH3 is 1. The molecule has 94 valence electrons. The van der Waals surface area contributed by atoms with Crippen LogP contribution in [0.4, 0.5) is 8.78 Å². The summed E-state index contributed by atoms with van der Waals surface area (Å²) in [6.07, 6.45) is 0. The van der Waals surface area contributed by atoms with Gasteiger partial charge in [-0.05, 0) is 12.1 Å². The zero-order valence-corrected chi connectivity index (χ0v) is 9.93. The van der Waals surface area contributed by atoms with Crippen LogP contribution in [0.25, 0.3) is 0 Å². The summed E-state index contributed by atoms with van der Waals surface area (Å²) in [6, 6.07) is 2.34. The monoisotopic (exact) mass is 263 g/mol. The first-order chi connectivity index (χ1) is 8.08. The van der Waals surface area contributed by atoms with Crippen molar-refractivity contribution >= 4 is 17.5 Å². The Bertz CT molecular complexity index is 401. The van der Waals surface area contributed by atoms with Crippen LogP contribution in [-0.2, 0) is 4.74 Å². The molecule has 1 unspecified atom stereocenters. The second kappa shape index (κ2) is 6.51. The smallest absolute Gasteiger partial charge is 0.254 e. The van der Waals surface area contributed by atoms with Crippen molar-refractivity contribution < 1.29 is 18.3 Å². The highest BCUT2D eigenvalue weighted by Crippen LogP contribution is 2.09. The van der Waals surface area contributed by atoms with Crippen molar-refractivity contribution in [3.8, 4) is 0 Å². The van der Waals surface area contributed by atoms with E-state index in [9.17, 15) is 13.6 Å². The van der Waals surface area contributed by atoms with Crippen LogP contribution < -0.4 is 5.32 Å². The Morgan fingerprint density at radius 3 is 2.76 bits per heavy atom. The van der Waals surface area contributed by atoms with Gasteiger partial charge in [-0.3, -0.25) is 4.79 Å². The summed E-state index contributed by atoms with van der Waals surface area (Å²) < 4.78 is 30.8. The van der Waals surface area contributed by atoms with E-state index in [1.807, 2.05) is 0 Å². The van der Waals surface area contributed by atoms with Crippen molar-refractivity contribution in [3.63, 3.8) is 0 Å². The number of hydrogen-bond donors (Lipinski definition) is 1.